The van der Waals surface area contributed by atoms with E-state index in [4.69, 9.17) is 16.3 Å². The van der Waals surface area contributed by atoms with Gasteiger partial charge in [0, 0.05) is 30.1 Å². The molecule has 0 radical (unpaired) electrons. The van der Waals surface area contributed by atoms with Crippen LogP contribution in [0, 0.1) is 0 Å². The Hall–Kier alpha value is -1.33. The lowest BCUT2D eigenvalue weighted by atomic mass is 9.83. The van der Waals surface area contributed by atoms with Crippen molar-refractivity contribution in [1.29, 1.82) is 0 Å². The first-order chi connectivity index (χ1) is 13.2. The number of ether oxygens (including phenoxy) is 1. The van der Waals surface area contributed by atoms with Gasteiger partial charge in [0.1, 0.15) is 17.2 Å². The van der Waals surface area contributed by atoms with Gasteiger partial charge < -0.3 is 8.92 Å². The maximum atomic E-state index is 12.7. The molecule has 1 aromatic heterocycles. The van der Waals surface area contributed by atoms with Crippen molar-refractivity contribution in [2.75, 3.05) is 11.4 Å². The maximum absolute atomic E-state index is 12.7. The number of allylic oxidation sites excluding steroid dienone is 1. The van der Waals surface area contributed by atoms with Crippen LogP contribution in [0.4, 0.5) is 23.8 Å². The Balaban J connectivity index is 2.01. The van der Waals surface area contributed by atoms with Crippen molar-refractivity contribution >= 4 is 50.5 Å². The molecular weight excluding hydrogens is 501 g/mol. The molecule has 1 amide bonds. The third-order valence-electron chi connectivity index (χ3n) is 4.39. The Morgan fingerprint density at radius 1 is 1.38 bits per heavy atom. The molecule has 1 aliphatic carbocycles. The van der Waals surface area contributed by atoms with Crippen LogP contribution >= 0.6 is 27.5 Å². The monoisotopic (exact) mass is 516 g/mol. The van der Waals surface area contributed by atoms with Crippen LogP contribution in [0.5, 0.6) is 0 Å². The van der Waals surface area contributed by atoms with Crippen LogP contribution in [0.3, 0.4) is 0 Å². The lowest BCUT2D eigenvalue weighted by Crippen LogP contribution is -2.39. The van der Waals surface area contributed by atoms with Crippen LogP contribution in [0.25, 0.3) is 0 Å². The van der Waals surface area contributed by atoms with E-state index in [2.05, 4.69) is 25.1 Å². The van der Waals surface area contributed by atoms with Crippen molar-refractivity contribution in [3.05, 3.63) is 33.1 Å². The largest absolute Gasteiger partial charge is 0.508 e. The smallest absolute Gasteiger partial charge is 0.443 e. The zero-order valence-corrected chi connectivity index (χ0v) is 18.8. The normalized spacial score (nSPS) is 22.5. The van der Waals surface area contributed by atoms with E-state index in [1.54, 1.807) is 20.8 Å². The minimum absolute atomic E-state index is 0.0614. The summed E-state index contributed by atoms with van der Waals surface area (Å²) in [5.41, 5.74) is -6.19. The van der Waals surface area contributed by atoms with Gasteiger partial charge in [0.15, 0.2) is 0 Å². The molecule has 160 valence electrons. The number of amides is 1. The Morgan fingerprint density at radius 2 is 2.03 bits per heavy atom. The minimum atomic E-state index is -4.99. The number of anilines is 1. The summed E-state index contributed by atoms with van der Waals surface area (Å²) in [7, 11) is 0. The first-order valence-corrected chi connectivity index (χ1v) is 10.7. The summed E-state index contributed by atoms with van der Waals surface area (Å²) in [5, 5.41) is 0.288. The molecule has 1 spiro atoms. The summed E-state index contributed by atoms with van der Waals surface area (Å²) in [5.74, 6) is 0.190. The van der Waals surface area contributed by atoms with Gasteiger partial charge in [-0.05, 0) is 49.2 Å². The second-order valence-corrected chi connectivity index (χ2v) is 10.0. The lowest BCUT2D eigenvalue weighted by Gasteiger charge is -2.26. The number of hydrogen-bond acceptors (Lipinski definition) is 5. The lowest BCUT2D eigenvalue weighted by molar-refractivity contribution is -0.0456. The number of aromatic nitrogens is 1. The van der Waals surface area contributed by atoms with E-state index in [0.29, 0.717) is 16.5 Å². The highest BCUT2D eigenvalue weighted by molar-refractivity contribution is 9.10. The van der Waals surface area contributed by atoms with Gasteiger partial charge in [0.05, 0.1) is 9.50 Å². The molecule has 0 saturated heterocycles. The highest BCUT2D eigenvalue weighted by Crippen LogP contribution is 2.52. The molecule has 29 heavy (non-hydrogen) atoms. The van der Waals surface area contributed by atoms with Crippen molar-refractivity contribution in [3.8, 4) is 0 Å². The van der Waals surface area contributed by atoms with E-state index in [1.165, 1.54) is 17.2 Å². The molecule has 1 aliphatic heterocycles. The molecule has 0 saturated carbocycles. The summed E-state index contributed by atoms with van der Waals surface area (Å²) >= 11 is 6.28. The van der Waals surface area contributed by atoms with Crippen LogP contribution in [0.1, 0.15) is 39.2 Å². The molecule has 3 rings (SSSR count). The fourth-order valence-corrected chi connectivity index (χ4v) is 4.38. The molecule has 0 aromatic carbocycles. The second kappa shape index (κ2) is 7.42. The van der Waals surface area contributed by atoms with Crippen molar-refractivity contribution in [2.45, 2.75) is 50.1 Å². The predicted octanol–water partition coefficient (Wildman–Crippen LogP) is 5.37. The number of rotatable bonds is 2. The van der Waals surface area contributed by atoms with Gasteiger partial charge in [-0.2, -0.15) is 13.2 Å². The maximum Gasteiger partial charge on any atom is 0.508 e. The second-order valence-electron chi connectivity index (χ2n) is 7.72. The summed E-state index contributed by atoms with van der Waals surface area (Å²) in [4.78, 5) is 18.3. The van der Waals surface area contributed by atoms with Crippen molar-refractivity contribution < 1.29 is 31.1 Å². The number of halogens is 5. The predicted molar refractivity (Wildman–Crippen MR) is 105 cm³/mol. The zero-order valence-electron chi connectivity index (χ0n) is 15.6. The molecule has 2 aliphatic rings. The number of alkyl halides is 3. The standard InChI is InChI=1S/C17H17BrClF3N2O4S/c1-15(2,3)27-14(25)24-8-16(11-12(19)10(18)7-23-13(11)24)5-4-9(6-16)28-29(26)17(20,21)22/h6-7H,4-5,8H2,1-3H3. The third kappa shape index (κ3) is 4.41. The van der Waals surface area contributed by atoms with E-state index in [1.807, 2.05) is 0 Å². The number of pyridine rings is 1. The average Bonchev–Trinajstić information content (AvgIpc) is 3.11. The molecular formula is C17H17BrClF3N2O4S. The Bertz CT molecular complexity index is 919. The molecule has 0 N–H and O–H groups in total. The first kappa shape index (κ1) is 22.4. The molecule has 0 bridgehead atoms. The molecule has 12 heteroatoms. The molecule has 2 atom stereocenters. The van der Waals surface area contributed by atoms with E-state index in [9.17, 15) is 22.2 Å². The quantitative estimate of drug-likeness (QED) is 0.528. The minimum Gasteiger partial charge on any atom is -0.443 e. The Morgan fingerprint density at radius 3 is 2.62 bits per heavy atom. The topological polar surface area (TPSA) is 68.7 Å². The van der Waals surface area contributed by atoms with Gasteiger partial charge in [0.2, 0.25) is 0 Å². The van der Waals surface area contributed by atoms with Gasteiger partial charge in [-0.1, -0.05) is 11.6 Å². The Labute approximate surface area is 181 Å². The number of fused-ring (bicyclic) bond motifs is 2. The SMILES string of the molecule is CC(C)(C)OC(=O)N1CC2(C=C(OS(=O)C(F)(F)F)CC2)c2c1ncc(Br)c2Cl. The summed E-state index contributed by atoms with van der Waals surface area (Å²) in [6.45, 7) is 5.21. The number of carbonyl (C=O) groups is 1. The van der Waals surface area contributed by atoms with Crippen LogP contribution in [0.2, 0.25) is 5.02 Å². The van der Waals surface area contributed by atoms with Crippen LogP contribution in [-0.2, 0) is 25.4 Å². The molecule has 2 unspecified atom stereocenters. The molecule has 2 heterocycles. The van der Waals surface area contributed by atoms with Crippen molar-refractivity contribution in [3.63, 3.8) is 0 Å². The van der Waals surface area contributed by atoms with Crippen molar-refractivity contribution in [1.82, 2.24) is 4.98 Å². The summed E-state index contributed by atoms with van der Waals surface area (Å²) < 4.78 is 59.6. The summed E-state index contributed by atoms with van der Waals surface area (Å²) in [6.07, 6.45) is 2.64. The van der Waals surface area contributed by atoms with E-state index < -0.39 is 33.7 Å². The van der Waals surface area contributed by atoms with E-state index >= 15 is 0 Å². The van der Waals surface area contributed by atoms with E-state index in [0.717, 1.165) is 0 Å². The third-order valence-corrected chi connectivity index (χ3v) is 6.35. The summed E-state index contributed by atoms with van der Waals surface area (Å²) in [6, 6.07) is 0. The van der Waals surface area contributed by atoms with E-state index in [-0.39, 0.29) is 29.6 Å². The van der Waals surface area contributed by atoms with Gasteiger partial charge in [0.25, 0.3) is 0 Å². The van der Waals surface area contributed by atoms with Gasteiger partial charge in [-0.15, -0.1) is 0 Å². The fourth-order valence-electron chi connectivity index (χ4n) is 3.34. The zero-order chi connectivity index (χ0) is 21.8. The number of hydrogen-bond donors (Lipinski definition) is 0. The average molecular weight is 518 g/mol. The number of carbonyl (C=O) groups excluding carboxylic acids is 1. The van der Waals surface area contributed by atoms with Crippen LogP contribution in [0.15, 0.2) is 22.5 Å². The van der Waals surface area contributed by atoms with Crippen molar-refractivity contribution in [2.24, 2.45) is 0 Å². The van der Waals surface area contributed by atoms with Gasteiger partial charge in [-0.25, -0.2) is 14.0 Å². The Kier molecular flexibility index (Phi) is 5.72. The highest BCUT2D eigenvalue weighted by atomic mass is 79.9. The fraction of sp³-hybridized carbons (Fsp3) is 0.529. The first-order valence-electron chi connectivity index (χ1n) is 8.47. The van der Waals surface area contributed by atoms with Gasteiger partial charge >= 0.3 is 22.7 Å². The van der Waals surface area contributed by atoms with Gasteiger partial charge in [-0.3, -0.25) is 4.90 Å². The molecule has 6 nitrogen and oxygen atoms in total. The number of nitrogens with zero attached hydrogens (tertiary/aromatic N) is 2. The molecule has 1 aromatic rings. The van der Waals surface area contributed by atoms with Crippen LogP contribution in [-0.4, -0.2) is 32.9 Å². The molecule has 0 fully saturated rings. The highest BCUT2D eigenvalue weighted by Gasteiger charge is 2.51. The van der Waals surface area contributed by atoms with Crippen LogP contribution < -0.4 is 4.90 Å².